The smallest absolute Gasteiger partial charge is 0.262 e. The molecule has 3 heterocycles. The summed E-state index contributed by atoms with van der Waals surface area (Å²) in [6.45, 7) is 2.43. The SMILES string of the molecule is COc1ccc([C@H](CNC(=O)Cn2cnc3sc(-c4ccccc4)cc3c2=O)N2CCCC2)cc1. The van der Waals surface area contributed by atoms with E-state index < -0.39 is 0 Å². The summed E-state index contributed by atoms with van der Waals surface area (Å²) in [4.78, 5) is 34.4. The van der Waals surface area contributed by atoms with E-state index in [9.17, 15) is 9.59 Å². The molecule has 1 saturated heterocycles. The number of fused-ring (bicyclic) bond motifs is 1. The van der Waals surface area contributed by atoms with Gasteiger partial charge in [-0.1, -0.05) is 42.5 Å². The molecule has 2 aromatic heterocycles. The van der Waals surface area contributed by atoms with Gasteiger partial charge in [0.2, 0.25) is 5.91 Å². The van der Waals surface area contributed by atoms with E-state index in [2.05, 4.69) is 27.3 Å². The van der Waals surface area contributed by atoms with Crippen LogP contribution in [-0.4, -0.2) is 47.1 Å². The van der Waals surface area contributed by atoms with Crippen LogP contribution in [0.15, 0.2) is 71.8 Å². The maximum atomic E-state index is 13.1. The van der Waals surface area contributed by atoms with Crippen LogP contribution in [0, 0.1) is 0 Å². The van der Waals surface area contributed by atoms with Crippen molar-refractivity contribution in [3.05, 3.63) is 82.9 Å². The van der Waals surface area contributed by atoms with Crippen molar-refractivity contribution in [3.63, 3.8) is 0 Å². The number of hydrogen-bond acceptors (Lipinski definition) is 6. The molecule has 1 aliphatic rings. The second-order valence-corrected chi connectivity index (χ2v) is 9.74. The summed E-state index contributed by atoms with van der Waals surface area (Å²) < 4.78 is 6.67. The van der Waals surface area contributed by atoms with Gasteiger partial charge < -0.3 is 10.1 Å². The fourth-order valence-corrected chi connectivity index (χ4v) is 5.57. The Labute approximate surface area is 208 Å². The molecule has 0 unspecified atom stereocenters. The molecule has 8 heteroatoms. The van der Waals surface area contributed by atoms with Crippen molar-refractivity contribution in [3.8, 4) is 16.2 Å². The fraction of sp³-hybridized carbons (Fsp3) is 0.296. The normalized spacial score (nSPS) is 14.8. The van der Waals surface area contributed by atoms with Crippen molar-refractivity contribution >= 4 is 27.5 Å². The van der Waals surface area contributed by atoms with Gasteiger partial charge in [-0.2, -0.15) is 0 Å². The lowest BCUT2D eigenvalue weighted by Crippen LogP contribution is -2.39. The summed E-state index contributed by atoms with van der Waals surface area (Å²) in [6.07, 6.45) is 3.79. The first-order valence-corrected chi connectivity index (χ1v) is 12.6. The van der Waals surface area contributed by atoms with Crippen LogP contribution in [0.1, 0.15) is 24.4 Å². The maximum Gasteiger partial charge on any atom is 0.262 e. The third kappa shape index (κ3) is 5.13. The number of nitrogens with zero attached hydrogens (tertiary/aromatic N) is 3. The molecule has 0 aliphatic carbocycles. The summed E-state index contributed by atoms with van der Waals surface area (Å²) in [5.41, 5.74) is 1.99. The number of aromatic nitrogens is 2. The third-order valence-corrected chi connectivity index (χ3v) is 7.56. The first-order valence-electron chi connectivity index (χ1n) is 11.8. The number of carbonyl (C=O) groups excluding carboxylic acids is 1. The molecule has 180 valence electrons. The van der Waals surface area contributed by atoms with Crippen molar-refractivity contribution in [2.24, 2.45) is 0 Å². The molecule has 0 bridgehead atoms. The molecular weight excluding hydrogens is 460 g/mol. The van der Waals surface area contributed by atoms with Gasteiger partial charge in [-0.05, 0) is 55.3 Å². The molecule has 1 atom stereocenters. The van der Waals surface area contributed by atoms with Gasteiger partial charge in [-0.3, -0.25) is 19.1 Å². The first kappa shape index (κ1) is 23.3. The monoisotopic (exact) mass is 488 g/mol. The molecule has 2 aromatic carbocycles. The minimum absolute atomic E-state index is 0.0619. The Morgan fingerprint density at radius 1 is 1.11 bits per heavy atom. The summed E-state index contributed by atoms with van der Waals surface area (Å²) in [6, 6.07) is 19.9. The van der Waals surface area contributed by atoms with Gasteiger partial charge in [0.1, 0.15) is 17.1 Å². The summed E-state index contributed by atoms with van der Waals surface area (Å²) in [5, 5.41) is 3.58. The Hall–Kier alpha value is -3.49. The van der Waals surface area contributed by atoms with Gasteiger partial charge in [0, 0.05) is 11.4 Å². The van der Waals surface area contributed by atoms with Crippen LogP contribution in [-0.2, 0) is 11.3 Å². The summed E-state index contributed by atoms with van der Waals surface area (Å²) >= 11 is 1.48. The first-order chi connectivity index (χ1) is 17.1. The van der Waals surface area contributed by atoms with Crippen LogP contribution in [0.3, 0.4) is 0 Å². The lowest BCUT2D eigenvalue weighted by molar-refractivity contribution is -0.122. The standard InChI is InChI=1S/C27H28N4O3S/c1-34-21-11-9-19(10-12-21)23(30-13-5-6-14-30)16-28-25(32)17-31-18-29-26-22(27(31)33)15-24(35-26)20-7-3-2-4-8-20/h2-4,7-12,15,18,23H,5-6,13-14,16-17H2,1H3,(H,28,32)/t23-/m0/s1. The Balaban J connectivity index is 1.30. The Morgan fingerprint density at radius 2 is 1.86 bits per heavy atom. The van der Waals surface area contributed by atoms with Gasteiger partial charge in [0.05, 0.1) is 24.9 Å². The van der Waals surface area contributed by atoms with E-state index in [-0.39, 0.29) is 24.1 Å². The molecule has 5 rings (SSSR count). The van der Waals surface area contributed by atoms with Crippen molar-refractivity contribution in [2.75, 3.05) is 26.7 Å². The number of hydrogen-bond donors (Lipinski definition) is 1. The van der Waals surface area contributed by atoms with Gasteiger partial charge in [-0.25, -0.2) is 4.98 Å². The van der Waals surface area contributed by atoms with E-state index >= 15 is 0 Å². The average Bonchev–Trinajstić information content (AvgIpc) is 3.58. The molecule has 4 aromatic rings. The average molecular weight is 489 g/mol. The summed E-state index contributed by atoms with van der Waals surface area (Å²) in [7, 11) is 1.65. The Morgan fingerprint density at radius 3 is 2.57 bits per heavy atom. The van der Waals surface area contributed by atoms with E-state index in [1.54, 1.807) is 7.11 Å². The Bertz CT molecular complexity index is 1360. The molecule has 0 saturated carbocycles. The van der Waals surface area contributed by atoms with Gasteiger partial charge >= 0.3 is 0 Å². The largest absolute Gasteiger partial charge is 0.497 e. The van der Waals surface area contributed by atoms with Crippen LogP contribution in [0.25, 0.3) is 20.7 Å². The fourth-order valence-electron chi connectivity index (χ4n) is 4.58. The molecule has 35 heavy (non-hydrogen) atoms. The van der Waals surface area contributed by atoms with Gasteiger partial charge in [-0.15, -0.1) is 11.3 Å². The Kier molecular flexibility index (Phi) is 6.92. The lowest BCUT2D eigenvalue weighted by Gasteiger charge is -2.28. The molecule has 1 fully saturated rings. The minimum atomic E-state index is -0.204. The summed E-state index contributed by atoms with van der Waals surface area (Å²) in [5.74, 6) is 0.605. The number of methoxy groups -OCH3 is 1. The lowest BCUT2D eigenvalue weighted by atomic mass is 10.1. The van der Waals surface area contributed by atoms with Crippen molar-refractivity contribution < 1.29 is 9.53 Å². The van der Waals surface area contributed by atoms with E-state index in [0.29, 0.717) is 16.8 Å². The van der Waals surface area contributed by atoms with Crippen LogP contribution in [0.5, 0.6) is 5.75 Å². The highest BCUT2D eigenvalue weighted by atomic mass is 32.1. The van der Waals surface area contributed by atoms with E-state index in [0.717, 1.165) is 47.7 Å². The highest BCUT2D eigenvalue weighted by Gasteiger charge is 2.24. The molecule has 0 spiro atoms. The highest BCUT2D eigenvalue weighted by Crippen LogP contribution is 2.30. The minimum Gasteiger partial charge on any atom is -0.497 e. The predicted molar refractivity (Wildman–Crippen MR) is 139 cm³/mol. The second kappa shape index (κ2) is 10.4. The quantitative estimate of drug-likeness (QED) is 0.404. The van der Waals surface area contributed by atoms with E-state index in [1.807, 2.05) is 48.5 Å². The molecule has 0 radical (unpaired) electrons. The number of nitrogens with one attached hydrogen (secondary N) is 1. The number of carbonyl (C=O) groups is 1. The topological polar surface area (TPSA) is 76.5 Å². The predicted octanol–water partition coefficient (Wildman–Crippen LogP) is 4.09. The van der Waals surface area contributed by atoms with E-state index in [1.165, 1.54) is 22.2 Å². The van der Waals surface area contributed by atoms with Crippen LogP contribution < -0.4 is 15.6 Å². The van der Waals surface area contributed by atoms with E-state index in [4.69, 9.17) is 4.74 Å². The molecule has 1 N–H and O–H groups in total. The number of benzene rings is 2. The zero-order chi connectivity index (χ0) is 24.2. The number of likely N-dealkylation sites (tertiary alicyclic amines) is 1. The second-order valence-electron chi connectivity index (χ2n) is 8.71. The zero-order valence-electron chi connectivity index (χ0n) is 19.6. The number of thiophene rings is 1. The number of amides is 1. The van der Waals surface area contributed by atoms with Crippen molar-refractivity contribution in [2.45, 2.75) is 25.4 Å². The van der Waals surface area contributed by atoms with Gasteiger partial charge in [0.25, 0.3) is 5.56 Å². The van der Waals surface area contributed by atoms with Crippen LogP contribution in [0.2, 0.25) is 0 Å². The zero-order valence-corrected chi connectivity index (χ0v) is 20.5. The number of ether oxygens (including phenoxy) is 1. The number of rotatable bonds is 8. The molecule has 1 aliphatic heterocycles. The highest BCUT2D eigenvalue weighted by molar-refractivity contribution is 7.21. The molecule has 7 nitrogen and oxygen atoms in total. The van der Waals surface area contributed by atoms with Crippen LogP contribution in [0.4, 0.5) is 0 Å². The third-order valence-electron chi connectivity index (χ3n) is 6.46. The van der Waals surface area contributed by atoms with Crippen LogP contribution >= 0.6 is 11.3 Å². The molecule has 1 amide bonds. The maximum absolute atomic E-state index is 13.1. The molecular formula is C27H28N4O3S. The van der Waals surface area contributed by atoms with Gasteiger partial charge in [0.15, 0.2) is 0 Å². The van der Waals surface area contributed by atoms with Crippen molar-refractivity contribution in [1.82, 2.24) is 19.8 Å². The van der Waals surface area contributed by atoms with Crippen molar-refractivity contribution in [1.29, 1.82) is 0 Å².